The van der Waals surface area contributed by atoms with E-state index in [1.807, 2.05) is 0 Å². The van der Waals surface area contributed by atoms with E-state index >= 15 is 0 Å². The van der Waals surface area contributed by atoms with Crippen molar-refractivity contribution >= 4 is 5.97 Å². The molecule has 0 aliphatic heterocycles. The Hall–Kier alpha value is -1.42. The van der Waals surface area contributed by atoms with Gasteiger partial charge in [-0.25, -0.2) is 9.18 Å². The van der Waals surface area contributed by atoms with Crippen molar-refractivity contribution in [3.8, 4) is 0 Å². The molecule has 1 rings (SSSR count). The van der Waals surface area contributed by atoms with Crippen LogP contribution >= 0.6 is 0 Å². The summed E-state index contributed by atoms with van der Waals surface area (Å²) in [6.07, 6.45) is 1.99. The first-order valence-electron chi connectivity index (χ1n) is 6.10. The molecule has 3 nitrogen and oxygen atoms in total. The highest BCUT2D eigenvalue weighted by atomic mass is 19.1. The fraction of sp³-hybridized carbons (Fsp3) is 0.500. The summed E-state index contributed by atoms with van der Waals surface area (Å²) >= 11 is 0. The van der Waals surface area contributed by atoms with Gasteiger partial charge in [-0.3, -0.25) is 0 Å². The number of ether oxygens (including phenoxy) is 1. The van der Waals surface area contributed by atoms with Crippen LogP contribution in [0.5, 0.6) is 0 Å². The van der Waals surface area contributed by atoms with Crippen LogP contribution in [-0.4, -0.2) is 17.7 Å². The lowest BCUT2D eigenvalue weighted by Gasteiger charge is -2.08. The minimum atomic E-state index is -1.06. The Balaban J connectivity index is 2.50. The lowest BCUT2D eigenvalue weighted by Crippen LogP contribution is -2.05. The summed E-state index contributed by atoms with van der Waals surface area (Å²) in [5.41, 5.74) is 0.479. The van der Waals surface area contributed by atoms with Gasteiger partial charge < -0.3 is 9.84 Å². The second-order valence-electron chi connectivity index (χ2n) is 4.70. The van der Waals surface area contributed by atoms with E-state index in [0.29, 0.717) is 18.1 Å². The van der Waals surface area contributed by atoms with Crippen LogP contribution in [0.4, 0.5) is 4.39 Å². The Morgan fingerprint density at radius 3 is 2.78 bits per heavy atom. The van der Waals surface area contributed by atoms with E-state index in [2.05, 4.69) is 13.8 Å². The van der Waals surface area contributed by atoms with Crippen LogP contribution in [0.2, 0.25) is 0 Å². The maximum Gasteiger partial charge on any atom is 0.336 e. The van der Waals surface area contributed by atoms with Gasteiger partial charge in [0.25, 0.3) is 0 Å². The third kappa shape index (κ3) is 4.84. The van der Waals surface area contributed by atoms with E-state index in [0.717, 1.165) is 18.9 Å². The molecular weight excluding hydrogens is 235 g/mol. The van der Waals surface area contributed by atoms with Crippen LogP contribution in [0.25, 0.3) is 0 Å². The standard InChI is InChI=1S/C14H19FO3/c1-10(2)4-3-7-18-9-11-8-12(15)5-6-13(11)14(16)17/h5-6,8,10H,3-4,7,9H2,1-2H3,(H,16,17). The van der Waals surface area contributed by atoms with Crippen molar-refractivity contribution in [2.45, 2.75) is 33.3 Å². The van der Waals surface area contributed by atoms with Crippen molar-refractivity contribution in [1.29, 1.82) is 0 Å². The zero-order valence-electron chi connectivity index (χ0n) is 10.8. The summed E-state index contributed by atoms with van der Waals surface area (Å²) in [6, 6.07) is 3.63. The molecule has 18 heavy (non-hydrogen) atoms. The monoisotopic (exact) mass is 254 g/mol. The summed E-state index contributed by atoms with van der Waals surface area (Å²) in [5.74, 6) is -0.881. The van der Waals surface area contributed by atoms with Gasteiger partial charge in [0, 0.05) is 6.61 Å². The Labute approximate surface area is 107 Å². The summed E-state index contributed by atoms with van der Waals surface area (Å²) in [5, 5.41) is 8.95. The molecule has 0 fully saturated rings. The molecule has 0 radical (unpaired) electrons. The molecule has 0 saturated carbocycles. The summed E-state index contributed by atoms with van der Waals surface area (Å²) in [4.78, 5) is 10.9. The van der Waals surface area contributed by atoms with Crippen LogP contribution in [0.15, 0.2) is 18.2 Å². The summed E-state index contributed by atoms with van der Waals surface area (Å²) < 4.78 is 18.4. The highest BCUT2D eigenvalue weighted by molar-refractivity contribution is 5.89. The number of carbonyl (C=O) groups is 1. The van der Waals surface area contributed by atoms with Crippen molar-refractivity contribution in [1.82, 2.24) is 0 Å². The van der Waals surface area contributed by atoms with E-state index in [-0.39, 0.29) is 12.2 Å². The van der Waals surface area contributed by atoms with Crippen molar-refractivity contribution in [3.05, 3.63) is 35.1 Å². The molecule has 0 spiro atoms. The molecule has 0 aliphatic carbocycles. The molecule has 1 aromatic carbocycles. The first kappa shape index (κ1) is 14.6. The predicted molar refractivity (Wildman–Crippen MR) is 67.1 cm³/mol. The van der Waals surface area contributed by atoms with Gasteiger partial charge >= 0.3 is 5.97 Å². The molecule has 1 N–H and O–H groups in total. The summed E-state index contributed by atoms with van der Waals surface area (Å²) in [7, 11) is 0. The van der Waals surface area contributed by atoms with Gasteiger partial charge in [-0.15, -0.1) is 0 Å². The number of hydrogen-bond donors (Lipinski definition) is 1. The van der Waals surface area contributed by atoms with Crippen molar-refractivity contribution < 1.29 is 19.0 Å². The lowest BCUT2D eigenvalue weighted by atomic mass is 10.1. The molecule has 0 atom stereocenters. The quantitative estimate of drug-likeness (QED) is 0.758. The first-order valence-corrected chi connectivity index (χ1v) is 6.10. The van der Waals surface area contributed by atoms with E-state index in [1.54, 1.807) is 0 Å². The average Bonchev–Trinajstić information content (AvgIpc) is 2.27. The molecule has 0 unspecified atom stereocenters. The van der Waals surface area contributed by atoms with Gasteiger partial charge in [0.05, 0.1) is 12.2 Å². The third-order valence-corrected chi connectivity index (χ3v) is 2.63. The summed E-state index contributed by atoms with van der Waals surface area (Å²) in [6.45, 7) is 4.97. The van der Waals surface area contributed by atoms with Gasteiger partial charge in [-0.05, 0) is 42.5 Å². The molecular formula is C14H19FO3. The van der Waals surface area contributed by atoms with Crippen LogP contribution < -0.4 is 0 Å². The molecule has 0 bridgehead atoms. The smallest absolute Gasteiger partial charge is 0.336 e. The molecule has 0 aliphatic rings. The van der Waals surface area contributed by atoms with Crippen LogP contribution in [-0.2, 0) is 11.3 Å². The van der Waals surface area contributed by atoms with Gasteiger partial charge in [0.15, 0.2) is 0 Å². The van der Waals surface area contributed by atoms with Crippen molar-refractivity contribution in [3.63, 3.8) is 0 Å². The Morgan fingerprint density at radius 2 is 2.17 bits per heavy atom. The number of halogens is 1. The number of carboxylic acid groups (broad SMARTS) is 1. The highest BCUT2D eigenvalue weighted by Crippen LogP contribution is 2.13. The van der Waals surface area contributed by atoms with Crippen molar-refractivity contribution in [2.75, 3.05) is 6.61 Å². The zero-order chi connectivity index (χ0) is 13.5. The number of rotatable bonds is 7. The zero-order valence-corrected chi connectivity index (χ0v) is 10.8. The SMILES string of the molecule is CC(C)CCCOCc1cc(F)ccc1C(=O)O. The lowest BCUT2D eigenvalue weighted by molar-refractivity contribution is 0.0686. The van der Waals surface area contributed by atoms with E-state index in [4.69, 9.17) is 9.84 Å². The molecule has 0 heterocycles. The van der Waals surface area contributed by atoms with E-state index in [9.17, 15) is 9.18 Å². The minimum Gasteiger partial charge on any atom is -0.478 e. The second kappa shape index (κ2) is 7.11. The molecule has 4 heteroatoms. The molecule has 100 valence electrons. The number of carboxylic acids is 1. The molecule has 0 aromatic heterocycles. The third-order valence-electron chi connectivity index (χ3n) is 2.63. The van der Waals surface area contributed by atoms with Crippen molar-refractivity contribution in [2.24, 2.45) is 5.92 Å². The number of hydrogen-bond acceptors (Lipinski definition) is 2. The molecule has 0 amide bonds. The maximum atomic E-state index is 13.0. The number of aromatic carboxylic acids is 1. The maximum absolute atomic E-state index is 13.0. The highest BCUT2D eigenvalue weighted by Gasteiger charge is 2.10. The predicted octanol–water partition coefficient (Wildman–Crippen LogP) is 3.48. The van der Waals surface area contributed by atoms with Crippen LogP contribution in [0.3, 0.4) is 0 Å². The normalized spacial score (nSPS) is 10.9. The van der Waals surface area contributed by atoms with Gasteiger partial charge in [0.1, 0.15) is 5.82 Å². The van der Waals surface area contributed by atoms with Gasteiger partial charge in [0.2, 0.25) is 0 Å². The first-order chi connectivity index (χ1) is 8.50. The second-order valence-corrected chi connectivity index (χ2v) is 4.70. The Morgan fingerprint density at radius 1 is 1.44 bits per heavy atom. The Kier molecular flexibility index (Phi) is 5.78. The van der Waals surface area contributed by atoms with Crippen LogP contribution in [0.1, 0.15) is 42.6 Å². The topological polar surface area (TPSA) is 46.5 Å². The number of benzene rings is 1. The molecule has 1 aromatic rings. The fourth-order valence-electron chi connectivity index (χ4n) is 1.67. The average molecular weight is 254 g/mol. The largest absolute Gasteiger partial charge is 0.478 e. The van der Waals surface area contributed by atoms with E-state index < -0.39 is 11.8 Å². The minimum absolute atomic E-state index is 0.0975. The van der Waals surface area contributed by atoms with Gasteiger partial charge in [-0.2, -0.15) is 0 Å². The van der Waals surface area contributed by atoms with Gasteiger partial charge in [-0.1, -0.05) is 13.8 Å². The Bertz CT molecular complexity index is 402. The van der Waals surface area contributed by atoms with Crippen LogP contribution in [0, 0.1) is 11.7 Å². The van der Waals surface area contributed by atoms with E-state index in [1.165, 1.54) is 12.1 Å². The molecule has 0 saturated heterocycles. The fourth-order valence-corrected chi connectivity index (χ4v) is 1.67.